The topological polar surface area (TPSA) is 30.9 Å². The van der Waals surface area contributed by atoms with Crippen molar-refractivity contribution in [3.05, 3.63) is 11.8 Å². The lowest BCUT2D eigenvalue weighted by molar-refractivity contribution is 0.830. The highest BCUT2D eigenvalue weighted by molar-refractivity contribution is 7.98. The first-order valence-electron chi connectivity index (χ1n) is 3.68. The molecule has 11 heavy (non-hydrogen) atoms. The zero-order valence-electron chi connectivity index (χ0n) is 7.22. The van der Waals surface area contributed by atoms with Gasteiger partial charge in [0.2, 0.25) is 0 Å². The molecule has 2 nitrogen and oxygen atoms in total. The fourth-order valence-electron chi connectivity index (χ4n) is 1.22. The minimum absolute atomic E-state index is 0.853. The van der Waals surface area contributed by atoms with E-state index in [0.29, 0.717) is 0 Å². The number of rotatable bonds is 2. The lowest BCUT2D eigenvalue weighted by Gasteiger charge is -2.02. The Morgan fingerprint density at radius 2 is 2.27 bits per heavy atom. The molecule has 1 aromatic rings. The molecule has 2 N–H and O–H groups in total. The van der Waals surface area contributed by atoms with Crippen LogP contribution in [0.15, 0.2) is 11.0 Å². The highest BCUT2D eigenvalue weighted by Crippen LogP contribution is 2.25. The van der Waals surface area contributed by atoms with E-state index in [1.165, 1.54) is 10.6 Å². The van der Waals surface area contributed by atoms with Gasteiger partial charge >= 0.3 is 0 Å². The van der Waals surface area contributed by atoms with Crippen molar-refractivity contribution in [3.8, 4) is 0 Å². The van der Waals surface area contributed by atoms with Crippen molar-refractivity contribution in [2.45, 2.75) is 18.2 Å². The maximum absolute atomic E-state index is 5.74. The van der Waals surface area contributed by atoms with Gasteiger partial charge in [0.25, 0.3) is 0 Å². The van der Waals surface area contributed by atoms with Crippen LogP contribution >= 0.6 is 11.8 Å². The van der Waals surface area contributed by atoms with Gasteiger partial charge in [-0.15, -0.1) is 11.8 Å². The summed E-state index contributed by atoms with van der Waals surface area (Å²) in [6.07, 6.45) is 3.12. The molecule has 0 atom stereocenters. The van der Waals surface area contributed by atoms with Crippen molar-refractivity contribution in [2.75, 3.05) is 12.0 Å². The van der Waals surface area contributed by atoms with E-state index in [0.717, 1.165) is 12.2 Å². The Bertz CT molecular complexity index is 253. The molecular formula is C8H14N2S. The molecule has 0 aromatic carbocycles. The number of thioether (sulfide) groups is 1. The second-order valence-corrected chi connectivity index (χ2v) is 3.34. The van der Waals surface area contributed by atoms with Gasteiger partial charge in [0.15, 0.2) is 0 Å². The predicted octanol–water partition coefficient (Wildman–Crippen LogP) is 1.89. The Morgan fingerprint density at radius 1 is 1.64 bits per heavy atom. The number of anilines is 1. The maximum Gasteiger partial charge on any atom is 0.104 e. The van der Waals surface area contributed by atoms with Gasteiger partial charge in [-0.25, -0.2) is 0 Å². The van der Waals surface area contributed by atoms with Crippen molar-refractivity contribution in [1.82, 2.24) is 4.57 Å². The summed E-state index contributed by atoms with van der Waals surface area (Å²) < 4.78 is 2.05. The lowest BCUT2D eigenvalue weighted by atomic mass is 10.3. The van der Waals surface area contributed by atoms with Gasteiger partial charge in [-0.05, 0) is 18.7 Å². The Balaban J connectivity index is 3.15. The third-order valence-electron chi connectivity index (χ3n) is 1.91. The van der Waals surface area contributed by atoms with Gasteiger partial charge in [-0.2, -0.15) is 0 Å². The van der Waals surface area contributed by atoms with Gasteiger partial charge in [0, 0.05) is 17.6 Å². The molecule has 1 rings (SSSR count). The van der Waals surface area contributed by atoms with Gasteiger partial charge < -0.3 is 10.3 Å². The van der Waals surface area contributed by atoms with Crippen molar-refractivity contribution in [2.24, 2.45) is 7.05 Å². The molecule has 0 aliphatic heterocycles. The van der Waals surface area contributed by atoms with E-state index in [1.54, 1.807) is 11.8 Å². The predicted molar refractivity (Wildman–Crippen MR) is 51.0 cm³/mol. The normalized spacial score (nSPS) is 10.5. The van der Waals surface area contributed by atoms with Gasteiger partial charge in [0.05, 0.1) is 0 Å². The molecule has 0 fully saturated rings. The third-order valence-corrected chi connectivity index (χ3v) is 2.70. The van der Waals surface area contributed by atoms with E-state index in [4.69, 9.17) is 5.73 Å². The first kappa shape index (κ1) is 8.53. The van der Waals surface area contributed by atoms with Crippen LogP contribution in [0, 0.1) is 0 Å². The van der Waals surface area contributed by atoms with Crippen LogP contribution in [0.4, 0.5) is 5.82 Å². The molecule has 3 heteroatoms. The van der Waals surface area contributed by atoms with E-state index in [9.17, 15) is 0 Å². The van der Waals surface area contributed by atoms with Crippen LogP contribution in [0.3, 0.4) is 0 Å². The minimum atomic E-state index is 0.853. The lowest BCUT2D eigenvalue weighted by Crippen LogP contribution is -1.99. The molecule has 0 amide bonds. The molecule has 1 heterocycles. The highest BCUT2D eigenvalue weighted by Gasteiger charge is 2.06. The van der Waals surface area contributed by atoms with Crippen molar-refractivity contribution in [1.29, 1.82) is 0 Å². The molecule has 0 spiro atoms. The van der Waals surface area contributed by atoms with Crippen LogP contribution in [0.5, 0.6) is 0 Å². The smallest absolute Gasteiger partial charge is 0.104 e. The van der Waals surface area contributed by atoms with E-state index < -0.39 is 0 Å². The zero-order valence-corrected chi connectivity index (χ0v) is 8.03. The second-order valence-electron chi connectivity index (χ2n) is 2.50. The molecule has 0 aliphatic rings. The van der Waals surface area contributed by atoms with Gasteiger partial charge in [0.1, 0.15) is 5.82 Å². The first-order valence-corrected chi connectivity index (χ1v) is 4.91. The molecule has 0 saturated heterocycles. The number of hydrogen-bond donors (Lipinski definition) is 1. The number of aromatic nitrogens is 1. The minimum Gasteiger partial charge on any atom is -0.385 e. The molecule has 0 aliphatic carbocycles. The van der Waals surface area contributed by atoms with Crippen LogP contribution in [0.1, 0.15) is 12.6 Å². The molecule has 1 aromatic heterocycles. The summed E-state index contributed by atoms with van der Waals surface area (Å²) in [6.45, 7) is 2.15. The second kappa shape index (κ2) is 3.22. The summed E-state index contributed by atoms with van der Waals surface area (Å²) in [7, 11) is 2.01. The number of hydrogen-bond acceptors (Lipinski definition) is 2. The summed E-state index contributed by atoms with van der Waals surface area (Å²) in [6, 6.07) is 2.03. The first-order chi connectivity index (χ1) is 5.20. The number of nitrogen functional groups attached to an aromatic ring is 1. The number of nitrogens with two attached hydrogens (primary N) is 1. The molecule has 0 unspecified atom stereocenters. The average molecular weight is 170 g/mol. The van der Waals surface area contributed by atoms with Crippen molar-refractivity contribution < 1.29 is 0 Å². The van der Waals surface area contributed by atoms with E-state index >= 15 is 0 Å². The SMILES string of the molecule is CCc1c(SC)cc(N)n1C. The largest absolute Gasteiger partial charge is 0.385 e. The van der Waals surface area contributed by atoms with Crippen molar-refractivity contribution >= 4 is 17.6 Å². The number of nitrogens with zero attached hydrogens (tertiary/aromatic N) is 1. The molecule has 0 radical (unpaired) electrons. The summed E-state index contributed by atoms with van der Waals surface area (Å²) in [5.74, 6) is 0.853. The van der Waals surface area contributed by atoms with Crippen LogP contribution in [-0.4, -0.2) is 10.8 Å². The zero-order chi connectivity index (χ0) is 8.43. The molecular weight excluding hydrogens is 156 g/mol. The summed E-state index contributed by atoms with van der Waals surface area (Å²) >= 11 is 1.75. The molecule has 62 valence electrons. The highest BCUT2D eigenvalue weighted by atomic mass is 32.2. The van der Waals surface area contributed by atoms with E-state index in [-0.39, 0.29) is 0 Å². The molecule has 0 saturated carbocycles. The van der Waals surface area contributed by atoms with Gasteiger partial charge in [-0.1, -0.05) is 6.92 Å². The van der Waals surface area contributed by atoms with Gasteiger partial charge in [-0.3, -0.25) is 0 Å². The maximum atomic E-state index is 5.74. The van der Waals surface area contributed by atoms with E-state index in [1.807, 2.05) is 17.7 Å². The monoisotopic (exact) mass is 170 g/mol. The fraction of sp³-hybridized carbons (Fsp3) is 0.500. The van der Waals surface area contributed by atoms with E-state index in [2.05, 4.69) is 13.2 Å². The van der Waals surface area contributed by atoms with Crippen LogP contribution < -0.4 is 5.73 Å². The summed E-state index contributed by atoms with van der Waals surface area (Å²) in [5, 5.41) is 0. The Kier molecular flexibility index (Phi) is 2.49. The third kappa shape index (κ3) is 1.38. The Labute approximate surface area is 71.8 Å². The molecule has 0 bridgehead atoms. The quantitative estimate of drug-likeness (QED) is 0.687. The van der Waals surface area contributed by atoms with Crippen LogP contribution in [-0.2, 0) is 13.5 Å². The average Bonchev–Trinajstić information content (AvgIpc) is 2.28. The van der Waals surface area contributed by atoms with Crippen molar-refractivity contribution in [3.63, 3.8) is 0 Å². The fourth-order valence-corrected chi connectivity index (χ4v) is 1.98. The van der Waals surface area contributed by atoms with Crippen LogP contribution in [0.25, 0.3) is 0 Å². The standard InChI is InChI=1S/C8H14N2S/c1-4-6-7(11-3)5-8(9)10(6)2/h5H,4,9H2,1-3H3. The Hall–Kier alpha value is -0.570. The van der Waals surface area contributed by atoms with Crippen LogP contribution in [0.2, 0.25) is 0 Å². The summed E-state index contributed by atoms with van der Waals surface area (Å²) in [5.41, 5.74) is 7.07. The Morgan fingerprint density at radius 3 is 2.64 bits per heavy atom. The summed E-state index contributed by atoms with van der Waals surface area (Å²) in [4.78, 5) is 1.30.